The van der Waals surface area contributed by atoms with E-state index >= 15 is 0 Å². The van der Waals surface area contributed by atoms with E-state index in [4.69, 9.17) is 12.2 Å². The molecule has 0 aliphatic carbocycles. The lowest BCUT2D eigenvalue weighted by molar-refractivity contribution is -0.137. The van der Waals surface area contributed by atoms with Crippen molar-refractivity contribution in [2.45, 2.75) is 25.2 Å². The van der Waals surface area contributed by atoms with Gasteiger partial charge in [-0.05, 0) is 78.9 Å². The Bertz CT molecular complexity index is 1440. The second kappa shape index (κ2) is 9.70. The van der Waals surface area contributed by atoms with Crippen LogP contribution >= 0.6 is 12.2 Å². The number of alkyl halides is 3. The number of rotatable bonds is 5. The average Bonchev–Trinajstić information content (AvgIpc) is 3.49. The van der Waals surface area contributed by atoms with Crippen molar-refractivity contribution in [3.05, 3.63) is 108 Å². The molecule has 3 heterocycles. The maximum atomic E-state index is 13.5. The molecule has 4 aromatic rings. The average molecular weight is 522 g/mol. The molecule has 1 fully saturated rings. The first-order valence-corrected chi connectivity index (χ1v) is 11.9. The quantitative estimate of drug-likeness (QED) is 0.314. The van der Waals surface area contributed by atoms with Crippen molar-refractivity contribution in [1.29, 1.82) is 0 Å². The molecular weight excluding hydrogens is 499 g/mol. The van der Waals surface area contributed by atoms with Crippen LogP contribution in [0.4, 0.5) is 24.5 Å². The summed E-state index contributed by atoms with van der Waals surface area (Å²) in [5.74, 6) is -0.182. The number of pyridine rings is 1. The maximum Gasteiger partial charge on any atom is 0.416 e. The number of thiocarbonyl (C=S) groups is 1. The Labute approximate surface area is 216 Å². The molecule has 0 radical (unpaired) electrons. The number of nitrogens with zero attached hydrogens (tertiary/aromatic N) is 3. The Morgan fingerprint density at radius 1 is 1.00 bits per heavy atom. The van der Waals surface area contributed by atoms with E-state index in [1.807, 2.05) is 41.3 Å². The van der Waals surface area contributed by atoms with Gasteiger partial charge in [-0.1, -0.05) is 12.1 Å². The monoisotopic (exact) mass is 521 g/mol. The highest BCUT2D eigenvalue weighted by Crippen LogP contribution is 2.42. The number of nitrogens with one attached hydrogen (secondary N) is 2. The van der Waals surface area contributed by atoms with Crippen LogP contribution < -0.4 is 15.5 Å². The normalized spacial score (nSPS) is 17.5. The van der Waals surface area contributed by atoms with E-state index in [0.29, 0.717) is 16.5 Å². The van der Waals surface area contributed by atoms with E-state index < -0.39 is 17.8 Å². The maximum absolute atomic E-state index is 13.5. The number of halogens is 3. The Hall–Kier alpha value is -4.18. The summed E-state index contributed by atoms with van der Waals surface area (Å²) in [4.78, 5) is 17.9. The van der Waals surface area contributed by atoms with Crippen molar-refractivity contribution in [1.82, 2.24) is 14.9 Å². The SMILES string of the molecule is CC(=O)Nc1ccc(N2C(=S)N[C@@H](c3ccccn3)[C@@H]2c2cccn2-c2cccc(C(F)(F)F)c2)cc1. The van der Waals surface area contributed by atoms with Crippen LogP contribution in [0, 0.1) is 0 Å². The molecule has 2 N–H and O–H groups in total. The Kier molecular flexibility index (Phi) is 6.43. The predicted octanol–water partition coefficient (Wildman–Crippen LogP) is 6.03. The fourth-order valence-electron chi connectivity index (χ4n) is 4.54. The number of amides is 1. The van der Waals surface area contributed by atoms with E-state index in [9.17, 15) is 18.0 Å². The van der Waals surface area contributed by atoms with Gasteiger partial charge in [0.1, 0.15) is 6.04 Å². The zero-order valence-corrected chi connectivity index (χ0v) is 20.4. The molecule has 0 bridgehead atoms. The van der Waals surface area contributed by atoms with Crippen LogP contribution in [0.5, 0.6) is 0 Å². The summed E-state index contributed by atoms with van der Waals surface area (Å²) in [7, 11) is 0. The molecule has 5 rings (SSSR count). The van der Waals surface area contributed by atoms with E-state index in [1.54, 1.807) is 41.2 Å². The van der Waals surface area contributed by atoms with Gasteiger partial charge in [-0.3, -0.25) is 9.78 Å². The van der Waals surface area contributed by atoms with Gasteiger partial charge in [0.05, 0.1) is 17.3 Å². The summed E-state index contributed by atoms with van der Waals surface area (Å²) >= 11 is 5.74. The van der Waals surface area contributed by atoms with Crippen LogP contribution in [-0.2, 0) is 11.0 Å². The third kappa shape index (κ3) is 4.92. The molecule has 1 aliphatic heterocycles. The Morgan fingerprint density at radius 3 is 2.46 bits per heavy atom. The van der Waals surface area contributed by atoms with Gasteiger partial charge in [0.2, 0.25) is 5.91 Å². The lowest BCUT2D eigenvalue weighted by Crippen LogP contribution is -2.30. The fourth-order valence-corrected chi connectivity index (χ4v) is 4.89. The summed E-state index contributed by atoms with van der Waals surface area (Å²) < 4.78 is 42.1. The fraction of sp³-hybridized carbons (Fsp3) is 0.148. The highest BCUT2D eigenvalue weighted by molar-refractivity contribution is 7.80. The number of hydrogen-bond acceptors (Lipinski definition) is 3. The highest BCUT2D eigenvalue weighted by atomic mass is 32.1. The lowest BCUT2D eigenvalue weighted by Gasteiger charge is -2.29. The first-order chi connectivity index (χ1) is 17.7. The van der Waals surface area contributed by atoms with Gasteiger partial charge in [-0.15, -0.1) is 0 Å². The van der Waals surface area contributed by atoms with Crippen LogP contribution in [0.3, 0.4) is 0 Å². The smallest absolute Gasteiger partial charge is 0.351 e. The summed E-state index contributed by atoms with van der Waals surface area (Å²) in [6, 6.07) is 20.9. The molecule has 1 saturated heterocycles. The molecule has 37 heavy (non-hydrogen) atoms. The number of anilines is 2. The number of benzene rings is 2. The van der Waals surface area contributed by atoms with Gasteiger partial charge in [0.25, 0.3) is 0 Å². The number of carbonyl (C=O) groups excluding carboxylic acids is 1. The first-order valence-electron chi connectivity index (χ1n) is 11.5. The van der Waals surface area contributed by atoms with Crippen molar-refractivity contribution < 1.29 is 18.0 Å². The van der Waals surface area contributed by atoms with Crippen molar-refractivity contribution in [2.75, 3.05) is 10.2 Å². The molecule has 6 nitrogen and oxygen atoms in total. The third-order valence-corrected chi connectivity index (χ3v) is 6.41. The van der Waals surface area contributed by atoms with Crippen LogP contribution in [0.15, 0.2) is 91.3 Å². The molecule has 1 amide bonds. The van der Waals surface area contributed by atoms with Crippen molar-refractivity contribution in [3.63, 3.8) is 0 Å². The van der Waals surface area contributed by atoms with E-state index in [0.717, 1.165) is 29.2 Å². The molecule has 10 heteroatoms. The van der Waals surface area contributed by atoms with Gasteiger partial charge in [0.15, 0.2) is 5.11 Å². The van der Waals surface area contributed by atoms with Crippen LogP contribution in [0.2, 0.25) is 0 Å². The number of aromatic nitrogens is 2. The summed E-state index contributed by atoms with van der Waals surface area (Å²) in [5.41, 5.74) is 2.52. The van der Waals surface area contributed by atoms with Gasteiger partial charge in [-0.2, -0.15) is 13.2 Å². The van der Waals surface area contributed by atoms with Gasteiger partial charge >= 0.3 is 6.18 Å². The third-order valence-electron chi connectivity index (χ3n) is 6.10. The summed E-state index contributed by atoms with van der Waals surface area (Å²) in [6.07, 6.45) is -1.04. The number of hydrogen-bond donors (Lipinski definition) is 2. The summed E-state index contributed by atoms with van der Waals surface area (Å²) in [5, 5.41) is 6.54. The second-order valence-electron chi connectivity index (χ2n) is 8.58. The Morgan fingerprint density at radius 2 is 1.78 bits per heavy atom. The molecule has 2 aromatic carbocycles. The van der Waals surface area contributed by atoms with Crippen LogP contribution in [0.25, 0.3) is 5.69 Å². The molecule has 0 spiro atoms. The standard InChI is InChI=1S/C27H22F3N5OS/c1-17(36)32-19-10-12-20(13-11-19)35-25(24(33-26(35)37)22-8-2-3-14-31-22)23-9-5-15-34(23)21-7-4-6-18(16-21)27(28,29)30/h2-16,24-25H,1H3,(H,32,36)(H,33,37)/t24-,25-/m0/s1. The second-order valence-corrected chi connectivity index (χ2v) is 8.96. The van der Waals surface area contributed by atoms with Crippen molar-refractivity contribution in [3.8, 4) is 5.69 Å². The van der Waals surface area contributed by atoms with E-state index in [1.165, 1.54) is 13.0 Å². The highest BCUT2D eigenvalue weighted by Gasteiger charge is 2.42. The lowest BCUT2D eigenvalue weighted by atomic mass is 10.0. The summed E-state index contributed by atoms with van der Waals surface area (Å²) in [6.45, 7) is 1.43. The first kappa shape index (κ1) is 24.5. The zero-order chi connectivity index (χ0) is 26.2. The van der Waals surface area contributed by atoms with Gasteiger partial charge < -0.3 is 20.1 Å². The van der Waals surface area contributed by atoms with Crippen molar-refractivity contribution in [2.24, 2.45) is 0 Å². The van der Waals surface area contributed by atoms with Gasteiger partial charge in [0, 0.05) is 42.1 Å². The van der Waals surface area contributed by atoms with Crippen molar-refractivity contribution >= 4 is 34.6 Å². The van der Waals surface area contributed by atoms with E-state index in [2.05, 4.69) is 15.6 Å². The molecule has 1 aliphatic rings. The Balaban J connectivity index is 1.62. The zero-order valence-electron chi connectivity index (χ0n) is 19.6. The topological polar surface area (TPSA) is 62.2 Å². The minimum Gasteiger partial charge on any atom is -0.351 e. The van der Waals surface area contributed by atoms with Crippen LogP contribution in [-0.4, -0.2) is 20.6 Å². The van der Waals surface area contributed by atoms with Gasteiger partial charge in [-0.25, -0.2) is 0 Å². The molecule has 0 unspecified atom stereocenters. The van der Waals surface area contributed by atoms with E-state index in [-0.39, 0.29) is 11.9 Å². The van der Waals surface area contributed by atoms with Crippen LogP contribution in [0.1, 0.15) is 36.0 Å². The predicted molar refractivity (Wildman–Crippen MR) is 139 cm³/mol. The minimum absolute atomic E-state index is 0.182. The molecule has 2 atom stereocenters. The minimum atomic E-state index is -4.46. The molecule has 188 valence electrons. The number of carbonyl (C=O) groups is 1. The molecule has 0 saturated carbocycles. The largest absolute Gasteiger partial charge is 0.416 e. The molecule has 2 aromatic heterocycles. The molecular formula is C27H22F3N5OS.